The fourth-order valence-corrected chi connectivity index (χ4v) is 2.86. The SMILES string of the molecule is Cc1nc(C)c(C(C)NC(=O)c2cn(CCN)nn2)s1. The number of thiazole rings is 1. The molecule has 7 nitrogen and oxygen atoms in total. The van der Waals surface area contributed by atoms with Crippen molar-refractivity contribution in [2.45, 2.75) is 33.4 Å². The molecule has 0 radical (unpaired) electrons. The number of nitrogens with one attached hydrogen (secondary N) is 1. The lowest BCUT2D eigenvalue weighted by Gasteiger charge is -2.11. The Morgan fingerprint density at radius 3 is 2.90 bits per heavy atom. The Bertz CT molecular complexity index is 605. The van der Waals surface area contributed by atoms with Crippen molar-refractivity contribution in [2.24, 2.45) is 5.73 Å². The van der Waals surface area contributed by atoms with E-state index in [0.29, 0.717) is 18.8 Å². The van der Waals surface area contributed by atoms with Crippen LogP contribution in [0, 0.1) is 13.8 Å². The van der Waals surface area contributed by atoms with Crippen LogP contribution in [0.2, 0.25) is 0 Å². The minimum absolute atomic E-state index is 0.103. The van der Waals surface area contributed by atoms with Crippen LogP contribution in [-0.4, -0.2) is 32.4 Å². The number of nitrogens with zero attached hydrogens (tertiary/aromatic N) is 4. The zero-order chi connectivity index (χ0) is 14.7. The maximum atomic E-state index is 12.1. The van der Waals surface area contributed by atoms with E-state index >= 15 is 0 Å². The predicted molar refractivity (Wildman–Crippen MR) is 76.5 cm³/mol. The molecular formula is C12H18N6OS. The molecule has 0 aliphatic carbocycles. The number of carbonyl (C=O) groups excluding carboxylic acids is 1. The molecule has 1 amide bonds. The molecule has 1 unspecified atom stereocenters. The molecule has 108 valence electrons. The molecule has 1 atom stereocenters. The lowest BCUT2D eigenvalue weighted by molar-refractivity contribution is 0.0935. The van der Waals surface area contributed by atoms with Gasteiger partial charge in [-0.3, -0.25) is 9.48 Å². The van der Waals surface area contributed by atoms with Gasteiger partial charge >= 0.3 is 0 Å². The van der Waals surface area contributed by atoms with E-state index in [4.69, 9.17) is 5.73 Å². The van der Waals surface area contributed by atoms with Gasteiger partial charge in [-0.15, -0.1) is 16.4 Å². The van der Waals surface area contributed by atoms with Crippen LogP contribution in [-0.2, 0) is 6.54 Å². The van der Waals surface area contributed by atoms with Gasteiger partial charge in [0.2, 0.25) is 0 Å². The van der Waals surface area contributed by atoms with Gasteiger partial charge in [-0.1, -0.05) is 5.21 Å². The van der Waals surface area contributed by atoms with E-state index in [2.05, 4.69) is 20.6 Å². The fraction of sp³-hybridized carbons (Fsp3) is 0.500. The van der Waals surface area contributed by atoms with E-state index in [-0.39, 0.29) is 11.9 Å². The van der Waals surface area contributed by atoms with Crippen molar-refractivity contribution in [2.75, 3.05) is 6.54 Å². The summed E-state index contributed by atoms with van der Waals surface area (Å²) in [5, 5.41) is 11.6. The van der Waals surface area contributed by atoms with Gasteiger partial charge in [0, 0.05) is 11.4 Å². The summed E-state index contributed by atoms with van der Waals surface area (Å²) >= 11 is 1.59. The van der Waals surface area contributed by atoms with Gasteiger partial charge in [-0.2, -0.15) is 0 Å². The van der Waals surface area contributed by atoms with Crippen molar-refractivity contribution >= 4 is 17.2 Å². The Morgan fingerprint density at radius 2 is 2.30 bits per heavy atom. The molecule has 0 aliphatic rings. The average molecular weight is 294 g/mol. The molecule has 2 heterocycles. The summed E-state index contributed by atoms with van der Waals surface area (Å²) in [5.74, 6) is -0.244. The normalized spacial score (nSPS) is 12.4. The maximum Gasteiger partial charge on any atom is 0.273 e. The van der Waals surface area contributed by atoms with Gasteiger partial charge in [0.15, 0.2) is 5.69 Å². The molecule has 2 rings (SSSR count). The Hall–Kier alpha value is -1.80. The van der Waals surface area contributed by atoms with Crippen molar-refractivity contribution in [3.05, 3.63) is 27.5 Å². The molecule has 0 fully saturated rings. The molecule has 8 heteroatoms. The third-order valence-electron chi connectivity index (χ3n) is 2.81. The van der Waals surface area contributed by atoms with Gasteiger partial charge in [-0.25, -0.2) is 4.98 Å². The highest BCUT2D eigenvalue weighted by Crippen LogP contribution is 2.24. The number of hydrogen-bond acceptors (Lipinski definition) is 6. The van der Waals surface area contributed by atoms with Crippen LogP contribution in [0.15, 0.2) is 6.20 Å². The summed E-state index contributed by atoms with van der Waals surface area (Å²) in [6.45, 7) is 6.83. The van der Waals surface area contributed by atoms with Gasteiger partial charge in [0.25, 0.3) is 5.91 Å². The largest absolute Gasteiger partial charge is 0.343 e. The van der Waals surface area contributed by atoms with Crippen molar-refractivity contribution < 1.29 is 4.79 Å². The van der Waals surface area contributed by atoms with Crippen molar-refractivity contribution in [3.63, 3.8) is 0 Å². The number of hydrogen-bond donors (Lipinski definition) is 2. The quantitative estimate of drug-likeness (QED) is 0.850. The van der Waals surface area contributed by atoms with Crippen LogP contribution in [0.25, 0.3) is 0 Å². The van der Waals surface area contributed by atoms with Crippen molar-refractivity contribution in [1.29, 1.82) is 0 Å². The zero-order valence-electron chi connectivity index (χ0n) is 11.8. The minimum atomic E-state index is -0.244. The summed E-state index contributed by atoms with van der Waals surface area (Å²) in [5.41, 5.74) is 6.67. The molecule has 0 aromatic carbocycles. The van der Waals surface area contributed by atoms with Crippen LogP contribution >= 0.6 is 11.3 Å². The Kier molecular flexibility index (Phi) is 4.46. The predicted octanol–water partition coefficient (Wildman–Crippen LogP) is 0.801. The van der Waals surface area contributed by atoms with Crippen LogP contribution in [0.3, 0.4) is 0 Å². The summed E-state index contributed by atoms with van der Waals surface area (Å²) in [7, 11) is 0. The summed E-state index contributed by atoms with van der Waals surface area (Å²) in [4.78, 5) is 17.5. The van der Waals surface area contributed by atoms with Crippen molar-refractivity contribution in [3.8, 4) is 0 Å². The van der Waals surface area contributed by atoms with Crippen LogP contribution < -0.4 is 11.1 Å². The number of carbonyl (C=O) groups is 1. The molecule has 20 heavy (non-hydrogen) atoms. The highest BCUT2D eigenvalue weighted by molar-refractivity contribution is 7.11. The minimum Gasteiger partial charge on any atom is -0.343 e. The molecule has 2 aromatic heterocycles. The molecule has 0 saturated carbocycles. The monoisotopic (exact) mass is 294 g/mol. The topological polar surface area (TPSA) is 98.7 Å². The number of nitrogens with two attached hydrogens (primary N) is 1. The molecule has 0 aliphatic heterocycles. The van der Waals surface area contributed by atoms with Crippen LogP contribution in [0.1, 0.15) is 39.0 Å². The summed E-state index contributed by atoms with van der Waals surface area (Å²) in [6, 6.07) is -0.103. The second-order valence-corrected chi connectivity index (χ2v) is 5.77. The van der Waals surface area contributed by atoms with E-state index in [9.17, 15) is 4.79 Å². The van der Waals surface area contributed by atoms with Crippen LogP contribution in [0.5, 0.6) is 0 Å². The average Bonchev–Trinajstić information content (AvgIpc) is 2.96. The first kappa shape index (κ1) is 14.6. The number of amides is 1. The van der Waals surface area contributed by atoms with Gasteiger partial charge < -0.3 is 11.1 Å². The first-order valence-electron chi connectivity index (χ1n) is 6.36. The number of rotatable bonds is 5. The van der Waals surface area contributed by atoms with E-state index in [1.807, 2.05) is 20.8 Å². The molecule has 0 spiro atoms. The van der Waals surface area contributed by atoms with Crippen LogP contribution in [0.4, 0.5) is 0 Å². The Balaban J connectivity index is 2.05. The standard InChI is InChI=1S/C12H18N6OS/c1-7-11(20-9(3)14-7)8(2)15-12(19)10-6-18(5-4-13)17-16-10/h6,8H,4-5,13H2,1-3H3,(H,15,19). The van der Waals surface area contributed by atoms with Crippen molar-refractivity contribution in [1.82, 2.24) is 25.3 Å². The highest BCUT2D eigenvalue weighted by Gasteiger charge is 2.18. The first-order valence-corrected chi connectivity index (χ1v) is 7.18. The Morgan fingerprint density at radius 1 is 1.55 bits per heavy atom. The van der Waals surface area contributed by atoms with Gasteiger partial charge in [0.05, 0.1) is 29.5 Å². The lowest BCUT2D eigenvalue weighted by Crippen LogP contribution is -2.26. The molecule has 0 saturated heterocycles. The first-order chi connectivity index (χ1) is 9.51. The third kappa shape index (κ3) is 3.20. The third-order valence-corrected chi connectivity index (χ3v) is 4.07. The maximum absolute atomic E-state index is 12.1. The molecule has 3 N–H and O–H groups in total. The smallest absolute Gasteiger partial charge is 0.273 e. The molecule has 2 aromatic rings. The van der Waals surface area contributed by atoms with E-state index in [1.165, 1.54) is 0 Å². The van der Waals surface area contributed by atoms with E-state index in [0.717, 1.165) is 15.6 Å². The second kappa shape index (κ2) is 6.10. The van der Waals surface area contributed by atoms with E-state index < -0.39 is 0 Å². The number of aryl methyl sites for hydroxylation is 2. The zero-order valence-corrected chi connectivity index (χ0v) is 12.6. The molecular weight excluding hydrogens is 276 g/mol. The van der Waals surface area contributed by atoms with Gasteiger partial charge in [-0.05, 0) is 20.8 Å². The number of aromatic nitrogens is 4. The summed E-state index contributed by atoms with van der Waals surface area (Å²) < 4.78 is 1.56. The fourth-order valence-electron chi connectivity index (χ4n) is 1.93. The van der Waals surface area contributed by atoms with E-state index in [1.54, 1.807) is 22.2 Å². The summed E-state index contributed by atoms with van der Waals surface area (Å²) in [6.07, 6.45) is 1.60. The molecule has 0 bridgehead atoms. The second-order valence-electron chi connectivity index (χ2n) is 4.53. The van der Waals surface area contributed by atoms with Gasteiger partial charge in [0.1, 0.15) is 0 Å². The Labute approximate surface area is 121 Å². The lowest BCUT2D eigenvalue weighted by atomic mass is 10.2. The highest BCUT2D eigenvalue weighted by atomic mass is 32.1.